The summed E-state index contributed by atoms with van der Waals surface area (Å²) in [6, 6.07) is 15.5. The average molecular weight is 432 g/mol. The van der Waals surface area contributed by atoms with Crippen LogP contribution in [0.25, 0.3) is 0 Å². The van der Waals surface area contributed by atoms with Gasteiger partial charge in [0, 0.05) is 23.7 Å². The molecule has 0 radical (unpaired) electrons. The van der Waals surface area contributed by atoms with Gasteiger partial charge in [-0.05, 0) is 25.0 Å². The Morgan fingerprint density at radius 2 is 1.75 bits per heavy atom. The summed E-state index contributed by atoms with van der Waals surface area (Å²) in [5.74, 6) is -3.21. The molecule has 8 nitrogen and oxygen atoms in total. The van der Waals surface area contributed by atoms with E-state index in [9.17, 15) is 19.2 Å². The average Bonchev–Trinajstić information content (AvgIpc) is 3.37. The van der Waals surface area contributed by atoms with Gasteiger partial charge >= 0.3 is 0 Å². The van der Waals surface area contributed by atoms with Crippen LogP contribution in [0.5, 0.6) is 0 Å². The van der Waals surface area contributed by atoms with E-state index in [0.717, 1.165) is 5.56 Å². The number of nitrogens with one attached hydrogen (secondary N) is 2. The van der Waals surface area contributed by atoms with Crippen LogP contribution >= 0.6 is 0 Å². The van der Waals surface area contributed by atoms with Gasteiger partial charge in [-0.2, -0.15) is 0 Å². The van der Waals surface area contributed by atoms with Gasteiger partial charge in [-0.1, -0.05) is 48.5 Å². The first-order chi connectivity index (χ1) is 15.4. The van der Waals surface area contributed by atoms with E-state index in [-0.39, 0.29) is 30.6 Å². The zero-order chi connectivity index (χ0) is 22.6. The highest BCUT2D eigenvalue weighted by molar-refractivity contribution is 6.15. The molecular weight excluding hydrogens is 408 g/mol. The van der Waals surface area contributed by atoms with Crippen molar-refractivity contribution < 1.29 is 19.2 Å². The predicted molar refractivity (Wildman–Crippen MR) is 116 cm³/mol. The third kappa shape index (κ3) is 2.72. The Hall–Kier alpha value is -3.52. The highest BCUT2D eigenvalue weighted by Crippen LogP contribution is 2.54. The number of nitrogens with zero attached hydrogens (tertiary/aromatic N) is 1. The van der Waals surface area contributed by atoms with Gasteiger partial charge in [0.05, 0.1) is 17.9 Å². The second kappa shape index (κ2) is 7.27. The molecule has 32 heavy (non-hydrogen) atoms. The summed E-state index contributed by atoms with van der Waals surface area (Å²) in [7, 11) is 0. The molecule has 4 amide bonds. The molecule has 3 aliphatic rings. The van der Waals surface area contributed by atoms with Gasteiger partial charge in [0.1, 0.15) is 5.54 Å². The fourth-order valence-corrected chi connectivity index (χ4v) is 5.59. The molecule has 0 unspecified atom stereocenters. The number of carbonyl (C=O) groups excluding carboxylic acids is 4. The van der Waals surface area contributed by atoms with E-state index in [2.05, 4.69) is 10.6 Å². The van der Waals surface area contributed by atoms with E-state index >= 15 is 0 Å². The van der Waals surface area contributed by atoms with Crippen LogP contribution in [0.2, 0.25) is 0 Å². The zero-order valence-corrected chi connectivity index (χ0v) is 17.6. The van der Waals surface area contributed by atoms with Gasteiger partial charge in [-0.3, -0.25) is 29.4 Å². The lowest BCUT2D eigenvalue weighted by atomic mass is 9.76. The van der Waals surface area contributed by atoms with Crippen molar-refractivity contribution in [3.05, 3.63) is 65.7 Å². The van der Waals surface area contributed by atoms with E-state index in [1.165, 1.54) is 4.90 Å². The number of benzene rings is 2. The smallest absolute Gasteiger partial charge is 0.250 e. The molecule has 2 aromatic carbocycles. The second-order valence-corrected chi connectivity index (χ2v) is 8.70. The Balaban J connectivity index is 1.61. The summed E-state index contributed by atoms with van der Waals surface area (Å²) in [6.45, 7) is 1.81. The molecule has 164 valence electrons. The van der Waals surface area contributed by atoms with Crippen molar-refractivity contribution in [2.45, 2.75) is 37.4 Å². The van der Waals surface area contributed by atoms with Crippen molar-refractivity contribution in [3.63, 3.8) is 0 Å². The summed E-state index contributed by atoms with van der Waals surface area (Å²) in [5.41, 5.74) is 6.11. The molecular formula is C24H24N4O4. The van der Waals surface area contributed by atoms with Crippen molar-refractivity contribution in [3.8, 4) is 0 Å². The fourth-order valence-electron chi connectivity index (χ4n) is 5.59. The molecule has 4 N–H and O–H groups in total. The van der Waals surface area contributed by atoms with E-state index in [0.29, 0.717) is 11.3 Å². The summed E-state index contributed by atoms with van der Waals surface area (Å²) >= 11 is 0. The van der Waals surface area contributed by atoms with E-state index in [1.807, 2.05) is 37.3 Å². The van der Waals surface area contributed by atoms with Crippen molar-refractivity contribution in [2.24, 2.45) is 17.6 Å². The quantitative estimate of drug-likeness (QED) is 0.617. The number of anilines is 1. The molecule has 5 atom stereocenters. The Morgan fingerprint density at radius 3 is 2.47 bits per heavy atom. The third-order valence-electron chi connectivity index (χ3n) is 7.03. The maximum Gasteiger partial charge on any atom is 0.250 e. The number of para-hydroxylation sites is 1. The molecule has 0 bridgehead atoms. The summed E-state index contributed by atoms with van der Waals surface area (Å²) in [5, 5.41) is 6.17. The largest absolute Gasteiger partial charge is 0.370 e. The zero-order valence-electron chi connectivity index (χ0n) is 17.6. The van der Waals surface area contributed by atoms with Crippen molar-refractivity contribution in [2.75, 3.05) is 5.32 Å². The molecule has 0 aliphatic carbocycles. The van der Waals surface area contributed by atoms with Gasteiger partial charge in [-0.15, -0.1) is 0 Å². The van der Waals surface area contributed by atoms with Crippen molar-refractivity contribution in [1.82, 2.24) is 10.2 Å². The minimum atomic E-state index is -1.36. The minimum Gasteiger partial charge on any atom is -0.370 e. The topological polar surface area (TPSA) is 122 Å². The first-order valence-electron chi connectivity index (χ1n) is 10.7. The normalized spacial score (nSPS) is 29.2. The first-order valence-corrected chi connectivity index (χ1v) is 10.7. The number of rotatable bonds is 5. The number of hydrogen-bond donors (Lipinski definition) is 3. The lowest BCUT2D eigenvalue weighted by molar-refractivity contribution is -0.145. The van der Waals surface area contributed by atoms with Gasteiger partial charge in [0.15, 0.2) is 0 Å². The maximum absolute atomic E-state index is 13.8. The van der Waals surface area contributed by atoms with E-state index in [1.54, 1.807) is 24.3 Å². The number of carbonyl (C=O) groups is 4. The van der Waals surface area contributed by atoms with Crippen LogP contribution in [0.3, 0.4) is 0 Å². The number of primary amides is 1. The molecule has 2 saturated heterocycles. The van der Waals surface area contributed by atoms with Gasteiger partial charge in [0.25, 0.3) is 0 Å². The first kappa shape index (κ1) is 20.4. The molecule has 1 spiro atoms. The fraction of sp³-hybridized carbons (Fsp3) is 0.333. The molecule has 5 rings (SSSR count). The van der Waals surface area contributed by atoms with Crippen molar-refractivity contribution in [1.29, 1.82) is 0 Å². The maximum atomic E-state index is 13.8. The standard InChI is InChI=1S/C24H24N4O4/c1-13(14-7-3-2-4-8-14)28-21(30)19-17(11-12-18(25)29)27-24(20(19)22(28)31)15-9-5-6-10-16(15)26-23(24)32/h2-10,13,17,19-20,27H,11-12H2,1H3,(H2,25,29)(H,26,32)/t13-,17-,19+,20+,24+/m1/s1. The second-order valence-electron chi connectivity index (χ2n) is 8.70. The summed E-state index contributed by atoms with van der Waals surface area (Å²) in [6.07, 6.45) is 0.316. The molecule has 2 fully saturated rings. The van der Waals surface area contributed by atoms with E-state index < -0.39 is 35.4 Å². The Bertz CT molecular complexity index is 1130. The minimum absolute atomic E-state index is 0.0515. The van der Waals surface area contributed by atoms with Crippen LogP contribution in [0, 0.1) is 11.8 Å². The molecule has 8 heteroatoms. The monoisotopic (exact) mass is 432 g/mol. The van der Waals surface area contributed by atoms with Crippen LogP contribution in [0.15, 0.2) is 54.6 Å². The highest BCUT2D eigenvalue weighted by Gasteiger charge is 2.70. The van der Waals surface area contributed by atoms with E-state index in [4.69, 9.17) is 5.73 Å². The molecule has 3 aliphatic heterocycles. The Morgan fingerprint density at radius 1 is 1.06 bits per heavy atom. The van der Waals surface area contributed by atoms with Crippen LogP contribution in [-0.4, -0.2) is 34.6 Å². The predicted octanol–water partition coefficient (Wildman–Crippen LogP) is 1.43. The van der Waals surface area contributed by atoms with Gasteiger partial charge < -0.3 is 11.1 Å². The number of imide groups is 1. The van der Waals surface area contributed by atoms with Gasteiger partial charge in [0.2, 0.25) is 23.6 Å². The number of nitrogens with two attached hydrogens (primary N) is 1. The molecule has 0 aromatic heterocycles. The number of fused-ring (bicyclic) bond motifs is 4. The lowest BCUT2D eigenvalue weighted by Crippen LogP contribution is -2.53. The summed E-state index contributed by atoms with van der Waals surface area (Å²) in [4.78, 5) is 53.6. The van der Waals surface area contributed by atoms with Gasteiger partial charge in [-0.25, -0.2) is 0 Å². The number of amides is 4. The van der Waals surface area contributed by atoms with Crippen LogP contribution in [0.1, 0.15) is 36.9 Å². The number of likely N-dealkylation sites (tertiary alicyclic amines) is 1. The molecule has 3 heterocycles. The third-order valence-corrected chi connectivity index (χ3v) is 7.03. The Labute approximate surface area is 185 Å². The van der Waals surface area contributed by atoms with Crippen LogP contribution in [0.4, 0.5) is 5.69 Å². The molecule has 2 aromatic rings. The van der Waals surface area contributed by atoms with Crippen LogP contribution in [-0.2, 0) is 24.7 Å². The lowest BCUT2D eigenvalue weighted by Gasteiger charge is -2.31. The SMILES string of the molecule is C[C@H](c1ccccc1)N1C(=O)[C@@H]2[C@@H](C1=O)[C@]1(N[C@@H]2CCC(N)=O)C(=O)Nc2ccccc21. The van der Waals surface area contributed by atoms with Crippen molar-refractivity contribution >= 4 is 29.3 Å². The summed E-state index contributed by atoms with van der Waals surface area (Å²) < 4.78 is 0. The Kier molecular flexibility index (Phi) is 4.63. The number of hydrogen-bond acceptors (Lipinski definition) is 5. The van der Waals surface area contributed by atoms with Crippen LogP contribution < -0.4 is 16.4 Å². The highest BCUT2D eigenvalue weighted by atomic mass is 16.2. The molecule has 0 saturated carbocycles.